The van der Waals surface area contributed by atoms with Crippen molar-refractivity contribution in [1.29, 1.82) is 0 Å². The maximum Gasteiger partial charge on any atom is 0.321 e. The molecule has 3 aliphatic heterocycles. The number of carbonyl (C=O) groups is 1. The number of benzene rings is 1. The van der Waals surface area contributed by atoms with E-state index >= 15 is 0 Å². The summed E-state index contributed by atoms with van der Waals surface area (Å²) >= 11 is 0. The summed E-state index contributed by atoms with van der Waals surface area (Å²) in [6.45, 7) is 8.29. The molecule has 37 heavy (non-hydrogen) atoms. The second kappa shape index (κ2) is 12.5. The normalized spacial score (nSPS) is 25.2. The minimum atomic E-state index is -0.599. The molecule has 0 spiro atoms. The van der Waals surface area contributed by atoms with Crippen molar-refractivity contribution >= 4 is 17.5 Å². The number of aliphatic carboxylic acids is 1. The van der Waals surface area contributed by atoms with Gasteiger partial charge in [-0.2, -0.15) is 5.10 Å². The molecule has 2 atom stereocenters. The van der Waals surface area contributed by atoms with E-state index in [1.165, 1.54) is 24.8 Å². The Bertz CT molecular complexity index is 950. The Hall–Kier alpha value is -2.25. The fourth-order valence-electron chi connectivity index (χ4n) is 7.17. The summed E-state index contributed by atoms with van der Waals surface area (Å²) in [5.74, 6) is 1.47. The Labute approximate surface area is 222 Å². The molecule has 1 aliphatic carbocycles. The van der Waals surface area contributed by atoms with Crippen LogP contribution in [-0.4, -0.2) is 88.7 Å². The second-order valence-electron chi connectivity index (χ2n) is 11.8. The van der Waals surface area contributed by atoms with Crippen molar-refractivity contribution in [3.8, 4) is 0 Å². The highest BCUT2D eigenvalue weighted by Gasteiger charge is 2.39. The summed E-state index contributed by atoms with van der Waals surface area (Å²) in [6, 6.07) is 11.0. The third kappa shape index (κ3) is 6.80. The minimum Gasteiger partial charge on any atom is -0.480 e. The van der Waals surface area contributed by atoms with Gasteiger partial charge in [-0.05, 0) is 69.4 Å². The number of rotatable bonds is 9. The predicted molar refractivity (Wildman–Crippen MR) is 149 cm³/mol. The van der Waals surface area contributed by atoms with Gasteiger partial charge in [0.1, 0.15) is 11.9 Å². The van der Waals surface area contributed by atoms with Crippen molar-refractivity contribution in [1.82, 2.24) is 14.7 Å². The molecule has 0 aromatic heterocycles. The molecule has 3 heterocycles. The summed E-state index contributed by atoms with van der Waals surface area (Å²) in [5, 5.41) is 18.9. The molecule has 202 valence electrons. The molecule has 2 unspecified atom stereocenters. The van der Waals surface area contributed by atoms with Crippen LogP contribution < -0.4 is 0 Å². The molecule has 0 bridgehead atoms. The Morgan fingerprint density at radius 1 is 1.03 bits per heavy atom. The maximum absolute atomic E-state index is 12.2. The van der Waals surface area contributed by atoms with Crippen LogP contribution in [-0.2, 0) is 11.2 Å². The molecular weight excluding hydrogens is 462 g/mol. The highest BCUT2D eigenvalue weighted by Crippen LogP contribution is 2.32. The number of nitrogens with zero attached hydrogens (tertiary/aromatic N) is 5. The fourth-order valence-corrected chi connectivity index (χ4v) is 7.17. The Morgan fingerprint density at radius 3 is 2.46 bits per heavy atom. The lowest BCUT2D eigenvalue weighted by Gasteiger charge is -2.40. The molecular formula is C30H45N5O2. The molecule has 1 aromatic rings. The number of piperidine rings is 1. The van der Waals surface area contributed by atoms with Gasteiger partial charge >= 0.3 is 5.97 Å². The average Bonchev–Trinajstić information content (AvgIpc) is 3.55. The highest BCUT2D eigenvalue weighted by molar-refractivity contribution is 6.05. The van der Waals surface area contributed by atoms with Crippen LogP contribution in [0.5, 0.6) is 0 Å². The summed E-state index contributed by atoms with van der Waals surface area (Å²) in [5.41, 5.74) is 2.48. The first-order chi connectivity index (χ1) is 18.1. The number of hydrogen-bond acceptors (Lipinski definition) is 6. The molecule has 7 nitrogen and oxygen atoms in total. The van der Waals surface area contributed by atoms with Gasteiger partial charge in [0, 0.05) is 50.9 Å². The first-order valence-electron chi connectivity index (χ1n) is 14.7. The molecule has 0 radical (unpaired) electrons. The van der Waals surface area contributed by atoms with Crippen molar-refractivity contribution < 1.29 is 9.90 Å². The molecule has 1 aromatic carbocycles. The minimum absolute atomic E-state index is 0.271. The van der Waals surface area contributed by atoms with Gasteiger partial charge in [-0.15, -0.1) is 5.10 Å². The number of carboxylic acid groups (broad SMARTS) is 1. The largest absolute Gasteiger partial charge is 0.480 e. The number of hydrogen-bond donors (Lipinski definition) is 1. The Morgan fingerprint density at radius 2 is 1.78 bits per heavy atom. The van der Waals surface area contributed by atoms with Crippen molar-refractivity contribution in [3.63, 3.8) is 0 Å². The smallest absolute Gasteiger partial charge is 0.321 e. The van der Waals surface area contributed by atoms with Crippen LogP contribution in [0.2, 0.25) is 0 Å². The van der Waals surface area contributed by atoms with Crippen LogP contribution in [0.15, 0.2) is 40.5 Å². The van der Waals surface area contributed by atoms with Crippen LogP contribution in [0.25, 0.3) is 0 Å². The zero-order valence-electron chi connectivity index (χ0n) is 22.6. The molecule has 3 fully saturated rings. The van der Waals surface area contributed by atoms with Gasteiger partial charge in [0.25, 0.3) is 0 Å². The van der Waals surface area contributed by atoms with E-state index in [1.807, 2.05) is 0 Å². The zero-order chi connectivity index (χ0) is 25.6. The standard InChI is InChI=1S/C30H45N5O2/c1-23-20-28(32-31-23)35(19-13-24-8-4-2-5-9-24)27-14-16-33(17-15-27)21-25-12-18-34(22-25)29(30(36)37)26-10-6-3-7-11-26/h2,4-5,8-9,25-27,29H,3,6-7,10-22H2,1H3,(H,36,37). The first kappa shape index (κ1) is 26.4. The van der Waals surface area contributed by atoms with Gasteiger partial charge in [0.05, 0.1) is 0 Å². The second-order valence-corrected chi connectivity index (χ2v) is 11.8. The molecule has 4 aliphatic rings. The van der Waals surface area contributed by atoms with Crippen molar-refractivity contribution in [2.24, 2.45) is 22.0 Å². The summed E-state index contributed by atoms with van der Waals surface area (Å²) in [6.07, 6.45) is 11.2. The Kier molecular flexibility index (Phi) is 8.93. The molecule has 1 N–H and O–H groups in total. The SMILES string of the molecule is CC1=NN=C(N(CCc2ccccc2)C2CCN(CC3CCN(C(C(=O)O)C4CCCCC4)C3)CC2)C1. The van der Waals surface area contributed by atoms with Gasteiger partial charge in [-0.25, -0.2) is 0 Å². The van der Waals surface area contributed by atoms with Crippen LogP contribution >= 0.6 is 0 Å². The lowest BCUT2D eigenvalue weighted by Crippen LogP contribution is -2.49. The summed E-state index contributed by atoms with van der Waals surface area (Å²) in [4.78, 5) is 19.7. The van der Waals surface area contributed by atoms with Gasteiger partial charge in [0.15, 0.2) is 0 Å². The molecule has 0 amide bonds. The molecule has 7 heteroatoms. The van der Waals surface area contributed by atoms with E-state index in [-0.39, 0.29) is 6.04 Å². The van der Waals surface area contributed by atoms with E-state index in [4.69, 9.17) is 0 Å². The third-order valence-corrected chi connectivity index (χ3v) is 9.14. The zero-order valence-corrected chi connectivity index (χ0v) is 22.6. The van der Waals surface area contributed by atoms with E-state index in [0.717, 1.165) is 95.8 Å². The first-order valence-corrected chi connectivity index (χ1v) is 14.7. The predicted octanol–water partition coefficient (Wildman–Crippen LogP) is 4.53. The number of likely N-dealkylation sites (tertiary alicyclic amines) is 2. The van der Waals surface area contributed by atoms with Crippen LogP contribution in [0, 0.1) is 11.8 Å². The van der Waals surface area contributed by atoms with E-state index < -0.39 is 5.97 Å². The van der Waals surface area contributed by atoms with E-state index in [1.54, 1.807) is 0 Å². The lowest BCUT2D eigenvalue weighted by molar-refractivity contribution is -0.145. The Balaban J connectivity index is 1.12. The average molecular weight is 508 g/mol. The summed E-state index contributed by atoms with van der Waals surface area (Å²) < 4.78 is 0. The quantitative estimate of drug-likeness (QED) is 0.532. The maximum atomic E-state index is 12.2. The lowest BCUT2D eigenvalue weighted by atomic mass is 9.83. The summed E-state index contributed by atoms with van der Waals surface area (Å²) in [7, 11) is 0. The topological polar surface area (TPSA) is 71.7 Å². The molecule has 2 saturated heterocycles. The van der Waals surface area contributed by atoms with Crippen molar-refractivity contribution in [2.45, 2.75) is 83.2 Å². The highest BCUT2D eigenvalue weighted by atomic mass is 16.4. The monoisotopic (exact) mass is 507 g/mol. The van der Waals surface area contributed by atoms with Gasteiger partial charge in [-0.3, -0.25) is 9.69 Å². The van der Waals surface area contributed by atoms with Gasteiger partial charge in [-0.1, -0.05) is 49.6 Å². The fraction of sp³-hybridized carbons (Fsp3) is 0.700. The van der Waals surface area contributed by atoms with E-state index in [9.17, 15) is 9.90 Å². The van der Waals surface area contributed by atoms with E-state index in [2.05, 4.69) is 62.2 Å². The van der Waals surface area contributed by atoms with Crippen molar-refractivity contribution in [2.75, 3.05) is 39.3 Å². The molecule has 1 saturated carbocycles. The van der Waals surface area contributed by atoms with Gasteiger partial charge in [0.2, 0.25) is 0 Å². The van der Waals surface area contributed by atoms with Crippen molar-refractivity contribution in [3.05, 3.63) is 35.9 Å². The third-order valence-electron chi connectivity index (χ3n) is 9.14. The van der Waals surface area contributed by atoms with Crippen LogP contribution in [0.3, 0.4) is 0 Å². The van der Waals surface area contributed by atoms with Crippen LogP contribution in [0.1, 0.15) is 70.3 Å². The molecule has 5 rings (SSSR count). The van der Waals surface area contributed by atoms with Gasteiger partial charge < -0.3 is 14.9 Å². The van der Waals surface area contributed by atoms with E-state index in [0.29, 0.717) is 17.9 Å². The van der Waals surface area contributed by atoms with Crippen LogP contribution in [0.4, 0.5) is 0 Å². The number of carboxylic acids is 1. The number of amidine groups is 1.